The minimum atomic E-state index is -0.356. The first-order valence-corrected chi connectivity index (χ1v) is 11.8. The summed E-state index contributed by atoms with van der Waals surface area (Å²) in [7, 11) is 0. The lowest BCUT2D eigenvalue weighted by Gasteiger charge is -2.34. The minimum Gasteiger partial charge on any atom is -0.343 e. The van der Waals surface area contributed by atoms with Gasteiger partial charge < -0.3 is 15.1 Å². The molecular formula is C22H28FN5O2S. The van der Waals surface area contributed by atoms with E-state index in [9.17, 15) is 14.0 Å². The van der Waals surface area contributed by atoms with Crippen LogP contribution in [0.2, 0.25) is 0 Å². The third-order valence-corrected chi connectivity index (χ3v) is 7.13. The van der Waals surface area contributed by atoms with Crippen molar-refractivity contribution in [3.8, 4) is 0 Å². The molecule has 166 valence electrons. The van der Waals surface area contributed by atoms with Gasteiger partial charge in [-0.1, -0.05) is 30.6 Å². The largest absolute Gasteiger partial charge is 0.343 e. The molecular weight excluding hydrogens is 417 g/mol. The normalized spacial score (nSPS) is 17.6. The number of nitrogens with one attached hydrogen (secondary N) is 1. The Labute approximate surface area is 185 Å². The van der Waals surface area contributed by atoms with E-state index in [-0.39, 0.29) is 30.5 Å². The monoisotopic (exact) mass is 445 g/mol. The van der Waals surface area contributed by atoms with Crippen molar-refractivity contribution in [1.82, 2.24) is 15.1 Å². The molecule has 1 aliphatic carbocycles. The number of carbonyl (C=O) groups excluding carboxylic acids is 2. The van der Waals surface area contributed by atoms with Gasteiger partial charge in [-0.2, -0.15) is 0 Å². The van der Waals surface area contributed by atoms with E-state index in [0.29, 0.717) is 24.7 Å². The van der Waals surface area contributed by atoms with Crippen LogP contribution < -0.4 is 10.2 Å². The van der Waals surface area contributed by atoms with Gasteiger partial charge in [0.05, 0.1) is 0 Å². The lowest BCUT2D eigenvalue weighted by Crippen LogP contribution is -2.48. The van der Waals surface area contributed by atoms with E-state index in [0.717, 1.165) is 23.2 Å². The number of piperazine rings is 1. The van der Waals surface area contributed by atoms with Crippen LogP contribution in [0.15, 0.2) is 24.3 Å². The Bertz CT molecular complexity index is 890. The Balaban J connectivity index is 1.20. The zero-order chi connectivity index (χ0) is 21.6. The second kappa shape index (κ2) is 10.2. The summed E-state index contributed by atoms with van der Waals surface area (Å²) in [5, 5.41) is 13.6. The Morgan fingerprint density at radius 2 is 1.71 bits per heavy atom. The van der Waals surface area contributed by atoms with Crippen LogP contribution in [0.3, 0.4) is 0 Å². The summed E-state index contributed by atoms with van der Waals surface area (Å²) in [6, 6.07) is 5.58. The molecule has 0 atom stereocenters. The van der Waals surface area contributed by atoms with Gasteiger partial charge in [-0.15, -0.1) is 10.2 Å². The van der Waals surface area contributed by atoms with Crippen LogP contribution in [0.5, 0.6) is 0 Å². The zero-order valence-electron chi connectivity index (χ0n) is 17.6. The molecule has 0 unspecified atom stereocenters. The number of hydrogen-bond acceptors (Lipinski definition) is 6. The van der Waals surface area contributed by atoms with Crippen molar-refractivity contribution in [1.29, 1.82) is 0 Å². The third-order valence-electron chi connectivity index (χ3n) is 5.98. The van der Waals surface area contributed by atoms with E-state index in [1.807, 2.05) is 4.90 Å². The topological polar surface area (TPSA) is 78.4 Å². The highest BCUT2D eigenvalue weighted by atomic mass is 32.1. The highest BCUT2D eigenvalue weighted by molar-refractivity contribution is 7.15. The summed E-state index contributed by atoms with van der Waals surface area (Å²) in [4.78, 5) is 28.6. The standard InChI is InChI=1S/C22H28FN5O2S/c23-17-6-8-18(9-7-17)24-19(29)10-11-20(30)27-12-14-28(15-13-27)22-26-25-21(31-22)16-4-2-1-3-5-16/h6-9,16H,1-5,10-15H2,(H,24,29). The molecule has 1 N–H and O–H groups in total. The molecule has 2 heterocycles. The quantitative estimate of drug-likeness (QED) is 0.732. The van der Waals surface area contributed by atoms with Gasteiger partial charge >= 0.3 is 0 Å². The van der Waals surface area contributed by atoms with Gasteiger partial charge in [-0.05, 0) is 37.1 Å². The number of nitrogens with zero attached hydrogens (tertiary/aromatic N) is 4. The molecule has 1 saturated heterocycles. The first-order valence-electron chi connectivity index (χ1n) is 11.0. The summed E-state index contributed by atoms with van der Waals surface area (Å²) < 4.78 is 12.9. The molecule has 31 heavy (non-hydrogen) atoms. The lowest BCUT2D eigenvalue weighted by atomic mass is 9.90. The molecule has 7 nitrogen and oxygen atoms in total. The van der Waals surface area contributed by atoms with Crippen molar-refractivity contribution in [2.75, 3.05) is 36.4 Å². The predicted octanol–water partition coefficient (Wildman–Crippen LogP) is 3.79. The van der Waals surface area contributed by atoms with E-state index < -0.39 is 0 Å². The van der Waals surface area contributed by atoms with Gasteiger partial charge in [0.15, 0.2) is 0 Å². The van der Waals surface area contributed by atoms with Gasteiger partial charge in [0.2, 0.25) is 16.9 Å². The summed E-state index contributed by atoms with van der Waals surface area (Å²) in [5.74, 6) is -0.0632. The molecule has 1 aliphatic heterocycles. The number of halogens is 1. The van der Waals surface area contributed by atoms with Crippen LogP contribution >= 0.6 is 11.3 Å². The highest BCUT2D eigenvalue weighted by Crippen LogP contribution is 2.36. The Morgan fingerprint density at radius 3 is 2.42 bits per heavy atom. The van der Waals surface area contributed by atoms with Crippen molar-refractivity contribution >= 4 is 34.0 Å². The molecule has 1 saturated carbocycles. The molecule has 2 aliphatic rings. The SMILES string of the molecule is O=C(CCC(=O)N1CCN(c2nnc(C3CCCCC3)s2)CC1)Nc1ccc(F)cc1. The molecule has 0 spiro atoms. The van der Waals surface area contributed by atoms with Crippen LogP contribution in [0.25, 0.3) is 0 Å². The number of rotatable bonds is 6. The van der Waals surface area contributed by atoms with E-state index in [1.54, 1.807) is 11.3 Å². The molecule has 2 fully saturated rings. The second-order valence-electron chi connectivity index (χ2n) is 8.18. The summed E-state index contributed by atoms with van der Waals surface area (Å²) >= 11 is 1.70. The fourth-order valence-corrected chi connectivity index (χ4v) is 5.22. The second-order valence-corrected chi connectivity index (χ2v) is 9.17. The molecule has 0 bridgehead atoms. The summed E-state index contributed by atoms with van der Waals surface area (Å²) in [6.45, 7) is 2.70. The van der Waals surface area contributed by atoms with Gasteiger partial charge in [0, 0.05) is 50.6 Å². The Morgan fingerprint density at radius 1 is 1.00 bits per heavy atom. The average molecular weight is 446 g/mol. The fraction of sp³-hybridized carbons (Fsp3) is 0.545. The third kappa shape index (κ3) is 5.78. The number of amides is 2. The molecule has 1 aromatic carbocycles. The molecule has 9 heteroatoms. The Hall–Kier alpha value is -2.55. The average Bonchev–Trinajstić information content (AvgIpc) is 3.30. The van der Waals surface area contributed by atoms with Crippen molar-refractivity contribution in [2.24, 2.45) is 0 Å². The zero-order valence-corrected chi connectivity index (χ0v) is 18.4. The van der Waals surface area contributed by atoms with Gasteiger partial charge in [0.1, 0.15) is 10.8 Å². The molecule has 4 rings (SSSR count). The van der Waals surface area contributed by atoms with E-state index in [4.69, 9.17) is 0 Å². The van der Waals surface area contributed by atoms with Gasteiger partial charge in [-0.25, -0.2) is 4.39 Å². The van der Waals surface area contributed by atoms with Crippen LogP contribution in [-0.2, 0) is 9.59 Å². The number of carbonyl (C=O) groups is 2. The number of anilines is 2. The maximum Gasteiger partial charge on any atom is 0.224 e. The fourth-order valence-electron chi connectivity index (χ4n) is 4.15. The molecule has 2 aromatic rings. The lowest BCUT2D eigenvalue weighted by molar-refractivity contribution is -0.133. The number of benzene rings is 1. The van der Waals surface area contributed by atoms with Crippen molar-refractivity contribution in [3.63, 3.8) is 0 Å². The molecule has 1 aromatic heterocycles. The maximum atomic E-state index is 12.9. The smallest absolute Gasteiger partial charge is 0.224 e. The van der Waals surface area contributed by atoms with Crippen LogP contribution in [-0.4, -0.2) is 53.1 Å². The highest BCUT2D eigenvalue weighted by Gasteiger charge is 2.25. The predicted molar refractivity (Wildman–Crippen MR) is 119 cm³/mol. The summed E-state index contributed by atoms with van der Waals surface area (Å²) in [5.41, 5.74) is 0.525. The Kier molecular flexibility index (Phi) is 7.11. The van der Waals surface area contributed by atoms with Crippen LogP contribution in [0.1, 0.15) is 55.9 Å². The van der Waals surface area contributed by atoms with Gasteiger partial charge in [-0.3, -0.25) is 9.59 Å². The minimum absolute atomic E-state index is 0.0194. The van der Waals surface area contributed by atoms with Crippen molar-refractivity contribution in [2.45, 2.75) is 50.9 Å². The van der Waals surface area contributed by atoms with E-state index >= 15 is 0 Å². The van der Waals surface area contributed by atoms with Crippen molar-refractivity contribution < 1.29 is 14.0 Å². The van der Waals surface area contributed by atoms with E-state index in [2.05, 4.69) is 20.4 Å². The van der Waals surface area contributed by atoms with Crippen LogP contribution in [0, 0.1) is 5.82 Å². The number of hydrogen-bond donors (Lipinski definition) is 1. The maximum absolute atomic E-state index is 12.9. The number of aromatic nitrogens is 2. The summed E-state index contributed by atoms with van der Waals surface area (Å²) in [6.07, 6.45) is 6.59. The van der Waals surface area contributed by atoms with Crippen LogP contribution in [0.4, 0.5) is 15.2 Å². The van der Waals surface area contributed by atoms with Crippen molar-refractivity contribution in [3.05, 3.63) is 35.1 Å². The van der Waals surface area contributed by atoms with Gasteiger partial charge in [0.25, 0.3) is 0 Å². The first kappa shape index (κ1) is 21.7. The molecule has 2 amide bonds. The van der Waals surface area contributed by atoms with E-state index in [1.165, 1.54) is 56.4 Å². The first-order chi connectivity index (χ1) is 15.1. The molecule has 0 radical (unpaired) electrons.